The molecule has 0 unspecified atom stereocenters. The number of rotatable bonds is 3. The lowest BCUT2D eigenvalue weighted by Crippen LogP contribution is -2.03. The number of alkyl halides is 3. The third kappa shape index (κ3) is 4.76. The van der Waals surface area contributed by atoms with Crippen molar-refractivity contribution in [3.63, 3.8) is 0 Å². The molecule has 106 valence electrons. The Kier molecular flexibility index (Phi) is 5.24. The first-order chi connectivity index (χ1) is 9.80. The number of allylic oxidation sites excluding steroid dienone is 2. The molecule has 1 N–H and O–H groups in total. The Labute approximate surface area is 123 Å². The molecule has 0 radical (unpaired) electrons. The predicted molar refractivity (Wildman–Crippen MR) is 70.6 cm³/mol. The number of hydrogen-bond acceptors (Lipinski definition) is 5. The molecule has 0 saturated carbocycles. The normalized spacial score (nSPS) is 9.95. The summed E-state index contributed by atoms with van der Waals surface area (Å²) in [5.74, 6) is 0. The summed E-state index contributed by atoms with van der Waals surface area (Å²) in [5.41, 5.74) is -4.37. The minimum Gasteiger partial charge on any atom is -0.345 e. The van der Waals surface area contributed by atoms with E-state index in [0.717, 1.165) is 0 Å². The highest BCUT2D eigenvalue weighted by Gasteiger charge is 2.29. The highest BCUT2D eigenvalue weighted by Crippen LogP contribution is 2.38. The summed E-state index contributed by atoms with van der Waals surface area (Å²) in [7, 11) is 0. The number of benzene rings is 1. The molecule has 0 spiro atoms. The number of nitrogens with zero attached hydrogens (tertiary/aromatic N) is 3. The molecule has 0 saturated heterocycles. The van der Waals surface area contributed by atoms with E-state index in [2.05, 4.69) is 5.32 Å². The van der Waals surface area contributed by atoms with E-state index in [1.54, 1.807) is 25.1 Å². The molecule has 0 aliphatic rings. The summed E-state index contributed by atoms with van der Waals surface area (Å²) in [4.78, 5) is -0.0663. The van der Waals surface area contributed by atoms with Crippen LogP contribution < -0.4 is 5.32 Å². The molecule has 0 heterocycles. The molecule has 0 amide bonds. The van der Waals surface area contributed by atoms with Gasteiger partial charge in [-0.05, 0) is 36.4 Å². The number of nitriles is 3. The second-order valence-corrected chi connectivity index (χ2v) is 4.87. The van der Waals surface area contributed by atoms with Crippen LogP contribution in [-0.2, 0) is 0 Å². The maximum atomic E-state index is 12.3. The standard InChI is InChI=1S/C13H7F3N4S/c1-8-2-3-10(21-13(14,15)16)4-11(8)20-12(7-19)9(5-17)6-18/h2-4,20H,1H3. The van der Waals surface area contributed by atoms with Crippen molar-refractivity contribution in [3.05, 3.63) is 35.0 Å². The summed E-state index contributed by atoms with van der Waals surface area (Å²) in [6.45, 7) is 1.62. The third-order valence-corrected chi connectivity index (χ3v) is 3.01. The van der Waals surface area contributed by atoms with Gasteiger partial charge in [0.1, 0.15) is 23.9 Å². The van der Waals surface area contributed by atoms with E-state index in [9.17, 15) is 13.2 Å². The van der Waals surface area contributed by atoms with Crippen molar-refractivity contribution in [1.82, 2.24) is 0 Å². The van der Waals surface area contributed by atoms with E-state index in [1.807, 2.05) is 0 Å². The SMILES string of the molecule is Cc1ccc(SC(F)(F)F)cc1NC(C#N)=C(C#N)C#N. The first-order valence-electron chi connectivity index (χ1n) is 5.38. The fourth-order valence-corrected chi connectivity index (χ4v) is 1.93. The monoisotopic (exact) mass is 308 g/mol. The lowest BCUT2D eigenvalue weighted by Gasteiger charge is -2.11. The number of halogens is 3. The van der Waals surface area contributed by atoms with Gasteiger partial charge in [0.15, 0.2) is 5.57 Å². The molecule has 1 aromatic rings. The minimum atomic E-state index is -4.43. The van der Waals surface area contributed by atoms with E-state index < -0.39 is 11.1 Å². The molecule has 0 atom stereocenters. The maximum Gasteiger partial charge on any atom is 0.446 e. The molecule has 4 nitrogen and oxygen atoms in total. The van der Waals surface area contributed by atoms with Gasteiger partial charge in [-0.3, -0.25) is 0 Å². The molecule has 0 aliphatic heterocycles. The Balaban J connectivity index is 3.18. The minimum absolute atomic E-state index is 0.0663. The van der Waals surface area contributed by atoms with Gasteiger partial charge in [-0.15, -0.1) is 0 Å². The highest BCUT2D eigenvalue weighted by atomic mass is 32.2. The van der Waals surface area contributed by atoms with Crippen LogP contribution >= 0.6 is 11.8 Å². The van der Waals surface area contributed by atoms with E-state index in [0.29, 0.717) is 5.56 Å². The van der Waals surface area contributed by atoms with Crippen LogP contribution in [0.1, 0.15) is 5.56 Å². The molecule has 1 rings (SSSR count). The molecule has 1 aromatic carbocycles. The molecule has 0 bridgehead atoms. The molecule has 0 aliphatic carbocycles. The van der Waals surface area contributed by atoms with Crippen molar-refractivity contribution in [2.24, 2.45) is 0 Å². The van der Waals surface area contributed by atoms with Crippen molar-refractivity contribution < 1.29 is 13.2 Å². The van der Waals surface area contributed by atoms with Crippen molar-refractivity contribution in [2.75, 3.05) is 5.32 Å². The second-order valence-electron chi connectivity index (χ2n) is 3.73. The van der Waals surface area contributed by atoms with Gasteiger partial charge in [0, 0.05) is 10.6 Å². The van der Waals surface area contributed by atoms with Crippen LogP contribution in [0.25, 0.3) is 0 Å². The highest BCUT2D eigenvalue weighted by molar-refractivity contribution is 8.00. The molecule has 0 aromatic heterocycles. The van der Waals surface area contributed by atoms with Gasteiger partial charge >= 0.3 is 5.51 Å². The lowest BCUT2D eigenvalue weighted by molar-refractivity contribution is -0.0328. The fraction of sp³-hybridized carbons (Fsp3) is 0.154. The van der Waals surface area contributed by atoms with Crippen molar-refractivity contribution in [2.45, 2.75) is 17.3 Å². The summed E-state index contributed by atoms with van der Waals surface area (Å²) in [6.07, 6.45) is 0. The van der Waals surface area contributed by atoms with Crippen LogP contribution in [0.4, 0.5) is 18.9 Å². The van der Waals surface area contributed by atoms with Crippen LogP contribution in [0, 0.1) is 40.9 Å². The zero-order valence-corrected chi connectivity index (χ0v) is 11.4. The van der Waals surface area contributed by atoms with Gasteiger partial charge in [-0.25, -0.2) is 0 Å². The zero-order chi connectivity index (χ0) is 16.0. The average molecular weight is 308 g/mol. The van der Waals surface area contributed by atoms with E-state index >= 15 is 0 Å². The van der Waals surface area contributed by atoms with Gasteiger partial charge in [-0.1, -0.05) is 6.07 Å². The van der Waals surface area contributed by atoms with E-state index in [1.165, 1.54) is 18.2 Å². The van der Waals surface area contributed by atoms with Crippen molar-refractivity contribution >= 4 is 17.4 Å². The Morgan fingerprint density at radius 1 is 1.14 bits per heavy atom. The third-order valence-electron chi connectivity index (χ3n) is 2.29. The predicted octanol–water partition coefficient (Wildman–Crippen LogP) is 3.84. The second kappa shape index (κ2) is 6.69. The Morgan fingerprint density at radius 2 is 1.76 bits per heavy atom. The van der Waals surface area contributed by atoms with Gasteiger partial charge in [0.25, 0.3) is 0 Å². The Morgan fingerprint density at radius 3 is 2.24 bits per heavy atom. The van der Waals surface area contributed by atoms with Gasteiger partial charge in [-0.2, -0.15) is 29.0 Å². The Hall–Kier alpha value is -2.63. The van der Waals surface area contributed by atoms with Crippen molar-refractivity contribution in [3.8, 4) is 18.2 Å². The fourth-order valence-electron chi connectivity index (χ4n) is 1.35. The van der Waals surface area contributed by atoms with Crippen LogP contribution in [0.5, 0.6) is 0 Å². The summed E-state index contributed by atoms with van der Waals surface area (Å²) in [6, 6.07) is 8.68. The number of hydrogen-bond donors (Lipinski definition) is 1. The first-order valence-corrected chi connectivity index (χ1v) is 6.20. The number of aryl methyl sites for hydroxylation is 1. The average Bonchev–Trinajstić information content (AvgIpc) is 2.40. The quantitative estimate of drug-likeness (QED) is 0.677. The largest absolute Gasteiger partial charge is 0.446 e. The topological polar surface area (TPSA) is 83.4 Å². The summed E-state index contributed by atoms with van der Waals surface area (Å²) < 4.78 is 37.0. The molecule has 8 heteroatoms. The number of thioether (sulfide) groups is 1. The maximum absolute atomic E-state index is 12.3. The smallest absolute Gasteiger partial charge is 0.345 e. The van der Waals surface area contributed by atoms with E-state index in [4.69, 9.17) is 15.8 Å². The van der Waals surface area contributed by atoms with Crippen molar-refractivity contribution in [1.29, 1.82) is 15.8 Å². The Bertz CT molecular complexity index is 686. The number of anilines is 1. The number of nitrogens with one attached hydrogen (secondary N) is 1. The van der Waals surface area contributed by atoms with Crippen LogP contribution in [0.15, 0.2) is 34.4 Å². The van der Waals surface area contributed by atoms with Gasteiger partial charge in [0.2, 0.25) is 0 Å². The van der Waals surface area contributed by atoms with Crippen LogP contribution in [-0.4, -0.2) is 5.51 Å². The van der Waals surface area contributed by atoms with Gasteiger partial charge in [0.05, 0.1) is 0 Å². The van der Waals surface area contributed by atoms with Crippen LogP contribution in [0.2, 0.25) is 0 Å². The van der Waals surface area contributed by atoms with Crippen LogP contribution in [0.3, 0.4) is 0 Å². The lowest BCUT2D eigenvalue weighted by atomic mass is 10.2. The molecular formula is C13H7F3N4S. The molecule has 21 heavy (non-hydrogen) atoms. The summed E-state index contributed by atoms with van der Waals surface area (Å²) >= 11 is -0.291. The molecular weight excluding hydrogens is 301 g/mol. The first kappa shape index (κ1) is 16.4. The summed E-state index contributed by atoms with van der Waals surface area (Å²) in [5, 5.41) is 28.8. The molecule has 0 fully saturated rings. The van der Waals surface area contributed by atoms with E-state index in [-0.39, 0.29) is 28.0 Å². The van der Waals surface area contributed by atoms with Gasteiger partial charge < -0.3 is 5.32 Å². The zero-order valence-electron chi connectivity index (χ0n) is 10.6.